The number of alkyl halides is 3. The highest BCUT2D eigenvalue weighted by Crippen LogP contribution is 2.41. The van der Waals surface area contributed by atoms with E-state index in [0.29, 0.717) is 11.0 Å². The Hall–Kier alpha value is -3.36. The van der Waals surface area contributed by atoms with Crippen LogP contribution in [0.2, 0.25) is 0 Å². The highest BCUT2D eigenvalue weighted by atomic mass is 19.4. The molecule has 0 aliphatic rings. The van der Waals surface area contributed by atoms with E-state index in [-0.39, 0.29) is 28.6 Å². The Morgan fingerprint density at radius 1 is 1.00 bits per heavy atom. The Morgan fingerprint density at radius 2 is 1.62 bits per heavy atom. The molecule has 0 saturated carbocycles. The van der Waals surface area contributed by atoms with Crippen molar-refractivity contribution in [2.75, 3.05) is 21.3 Å². The van der Waals surface area contributed by atoms with E-state index in [1.54, 1.807) is 30.3 Å². The van der Waals surface area contributed by atoms with Gasteiger partial charge in [0.25, 0.3) is 0 Å². The van der Waals surface area contributed by atoms with Crippen molar-refractivity contribution in [2.45, 2.75) is 12.2 Å². The van der Waals surface area contributed by atoms with E-state index in [9.17, 15) is 18.0 Å². The van der Waals surface area contributed by atoms with Gasteiger partial charge in [-0.1, -0.05) is 18.2 Å². The standard InChI is InChI=1S/C20H18F3NO5/c1-26-15-9-12(10-16(27-2)18(15)28-3)17(24-19(25)20(21,22)23)14-8-11-6-4-5-7-13(11)29-14/h4-10,17H,1-3H3,(H,24,25). The van der Waals surface area contributed by atoms with E-state index in [2.05, 4.69) is 0 Å². The zero-order valence-electron chi connectivity index (χ0n) is 15.8. The topological polar surface area (TPSA) is 69.9 Å². The first-order valence-electron chi connectivity index (χ1n) is 8.44. The van der Waals surface area contributed by atoms with Crippen molar-refractivity contribution in [3.05, 3.63) is 53.8 Å². The molecule has 0 radical (unpaired) electrons. The fraction of sp³-hybridized carbons (Fsp3) is 0.250. The van der Waals surface area contributed by atoms with Crippen LogP contribution in [-0.2, 0) is 4.79 Å². The molecule has 0 spiro atoms. The summed E-state index contributed by atoms with van der Waals surface area (Å²) in [7, 11) is 4.17. The fourth-order valence-electron chi connectivity index (χ4n) is 2.94. The largest absolute Gasteiger partial charge is 0.493 e. The molecule has 9 heteroatoms. The molecular formula is C20H18F3NO5. The number of hydrogen-bond acceptors (Lipinski definition) is 5. The second kappa shape index (κ2) is 7.94. The number of benzene rings is 2. The van der Waals surface area contributed by atoms with Crippen molar-refractivity contribution >= 4 is 16.9 Å². The van der Waals surface area contributed by atoms with Crippen molar-refractivity contribution in [3.8, 4) is 17.2 Å². The SMILES string of the molecule is COc1cc(C(NC(=O)C(F)(F)F)c2cc3ccccc3o2)cc(OC)c1OC. The summed E-state index contributed by atoms with van der Waals surface area (Å²) in [4.78, 5) is 11.7. The van der Waals surface area contributed by atoms with Gasteiger partial charge in [0, 0.05) is 5.39 Å². The average molecular weight is 409 g/mol. The molecule has 0 saturated heterocycles. The second-order valence-corrected chi connectivity index (χ2v) is 6.05. The number of carbonyl (C=O) groups excluding carboxylic acids is 1. The molecule has 6 nitrogen and oxygen atoms in total. The Kier molecular flexibility index (Phi) is 5.58. The molecule has 1 atom stereocenters. The third-order valence-corrected chi connectivity index (χ3v) is 4.28. The van der Waals surface area contributed by atoms with Crippen LogP contribution in [0.3, 0.4) is 0 Å². The summed E-state index contributed by atoms with van der Waals surface area (Å²) in [5.74, 6) is -1.26. The minimum Gasteiger partial charge on any atom is -0.493 e. The van der Waals surface area contributed by atoms with E-state index in [1.165, 1.54) is 33.5 Å². The zero-order valence-corrected chi connectivity index (χ0v) is 15.8. The first-order chi connectivity index (χ1) is 13.8. The van der Waals surface area contributed by atoms with Crippen LogP contribution >= 0.6 is 0 Å². The molecule has 0 fully saturated rings. The minimum atomic E-state index is -5.06. The van der Waals surface area contributed by atoms with Crippen LogP contribution in [-0.4, -0.2) is 33.4 Å². The van der Waals surface area contributed by atoms with Gasteiger partial charge in [0.2, 0.25) is 5.75 Å². The molecular weight excluding hydrogens is 391 g/mol. The van der Waals surface area contributed by atoms with Crippen molar-refractivity contribution in [1.82, 2.24) is 5.32 Å². The van der Waals surface area contributed by atoms with Gasteiger partial charge in [-0.2, -0.15) is 13.2 Å². The summed E-state index contributed by atoms with van der Waals surface area (Å²) < 4.78 is 60.3. The van der Waals surface area contributed by atoms with Crippen LogP contribution in [0.25, 0.3) is 11.0 Å². The number of methoxy groups -OCH3 is 3. The summed E-state index contributed by atoms with van der Waals surface area (Å²) in [6.07, 6.45) is -5.06. The third-order valence-electron chi connectivity index (χ3n) is 4.28. The lowest BCUT2D eigenvalue weighted by atomic mass is 10.0. The van der Waals surface area contributed by atoms with Crippen molar-refractivity contribution in [3.63, 3.8) is 0 Å². The first kappa shape index (κ1) is 20.4. The smallest absolute Gasteiger partial charge is 0.471 e. The van der Waals surface area contributed by atoms with Crippen LogP contribution in [0.15, 0.2) is 46.9 Å². The van der Waals surface area contributed by atoms with Crippen LogP contribution < -0.4 is 19.5 Å². The number of amides is 1. The van der Waals surface area contributed by atoms with Gasteiger partial charge in [0.05, 0.1) is 21.3 Å². The summed E-state index contributed by atoms with van der Waals surface area (Å²) in [6.45, 7) is 0. The average Bonchev–Trinajstić information content (AvgIpc) is 3.13. The van der Waals surface area contributed by atoms with E-state index in [0.717, 1.165) is 0 Å². The highest BCUT2D eigenvalue weighted by molar-refractivity contribution is 5.83. The molecule has 1 aromatic heterocycles. The van der Waals surface area contributed by atoms with E-state index >= 15 is 0 Å². The maximum absolute atomic E-state index is 12.9. The number of fused-ring (bicyclic) bond motifs is 1. The van der Waals surface area contributed by atoms with Gasteiger partial charge in [-0.15, -0.1) is 0 Å². The number of nitrogens with one attached hydrogen (secondary N) is 1. The molecule has 0 aliphatic heterocycles. The second-order valence-electron chi connectivity index (χ2n) is 6.05. The number of ether oxygens (including phenoxy) is 3. The lowest BCUT2D eigenvalue weighted by Crippen LogP contribution is -2.39. The molecule has 3 aromatic rings. The van der Waals surface area contributed by atoms with Gasteiger partial charge in [0.15, 0.2) is 11.5 Å². The van der Waals surface area contributed by atoms with Crippen LogP contribution in [0.1, 0.15) is 17.4 Å². The molecule has 0 aliphatic carbocycles. The fourth-order valence-corrected chi connectivity index (χ4v) is 2.94. The Morgan fingerprint density at radius 3 is 2.14 bits per heavy atom. The molecule has 1 amide bonds. The molecule has 1 N–H and O–H groups in total. The van der Waals surface area contributed by atoms with Crippen molar-refractivity contribution in [1.29, 1.82) is 0 Å². The van der Waals surface area contributed by atoms with Crippen LogP contribution in [0, 0.1) is 0 Å². The molecule has 3 rings (SSSR count). The first-order valence-corrected chi connectivity index (χ1v) is 8.44. The van der Waals surface area contributed by atoms with Gasteiger partial charge >= 0.3 is 12.1 Å². The molecule has 2 aromatic carbocycles. The van der Waals surface area contributed by atoms with Gasteiger partial charge in [-0.3, -0.25) is 4.79 Å². The maximum Gasteiger partial charge on any atom is 0.471 e. The van der Waals surface area contributed by atoms with Crippen LogP contribution in [0.4, 0.5) is 13.2 Å². The Bertz CT molecular complexity index is 970. The van der Waals surface area contributed by atoms with Gasteiger partial charge in [-0.05, 0) is 29.8 Å². The predicted octanol–water partition coefficient (Wildman–Crippen LogP) is 4.23. The van der Waals surface area contributed by atoms with Crippen molar-refractivity contribution in [2.24, 2.45) is 0 Å². The molecule has 29 heavy (non-hydrogen) atoms. The Labute approximate surface area is 164 Å². The summed E-state index contributed by atoms with van der Waals surface area (Å²) in [6, 6.07) is 10.2. The van der Waals surface area contributed by atoms with E-state index in [1.807, 2.05) is 5.32 Å². The monoisotopic (exact) mass is 409 g/mol. The molecule has 1 heterocycles. The maximum atomic E-state index is 12.9. The lowest BCUT2D eigenvalue weighted by Gasteiger charge is -2.21. The van der Waals surface area contributed by atoms with Gasteiger partial charge in [0.1, 0.15) is 17.4 Å². The van der Waals surface area contributed by atoms with Crippen molar-refractivity contribution < 1.29 is 36.6 Å². The third kappa shape index (κ3) is 4.08. The lowest BCUT2D eigenvalue weighted by molar-refractivity contribution is -0.174. The zero-order chi connectivity index (χ0) is 21.2. The number of rotatable bonds is 6. The minimum absolute atomic E-state index is 0.123. The number of para-hydroxylation sites is 1. The highest BCUT2D eigenvalue weighted by Gasteiger charge is 2.41. The number of hydrogen-bond donors (Lipinski definition) is 1. The Balaban J connectivity index is 2.16. The summed E-state index contributed by atoms with van der Waals surface area (Å²) in [5.41, 5.74) is 0.734. The quantitative estimate of drug-likeness (QED) is 0.660. The molecule has 1 unspecified atom stereocenters. The number of furan rings is 1. The summed E-state index contributed by atoms with van der Waals surface area (Å²) >= 11 is 0. The predicted molar refractivity (Wildman–Crippen MR) is 98.4 cm³/mol. The van der Waals surface area contributed by atoms with E-state index < -0.39 is 18.1 Å². The normalized spacial score (nSPS) is 12.5. The molecule has 0 bridgehead atoms. The number of halogens is 3. The van der Waals surface area contributed by atoms with E-state index in [4.69, 9.17) is 18.6 Å². The van der Waals surface area contributed by atoms with Crippen LogP contribution in [0.5, 0.6) is 17.2 Å². The van der Waals surface area contributed by atoms with Gasteiger partial charge < -0.3 is 23.9 Å². The molecule has 154 valence electrons. The number of carbonyl (C=O) groups is 1. The summed E-state index contributed by atoms with van der Waals surface area (Å²) in [5, 5.41) is 2.66. The van der Waals surface area contributed by atoms with Gasteiger partial charge in [-0.25, -0.2) is 0 Å².